The van der Waals surface area contributed by atoms with Gasteiger partial charge in [-0.25, -0.2) is 4.68 Å². The van der Waals surface area contributed by atoms with E-state index in [0.29, 0.717) is 18.0 Å². The van der Waals surface area contributed by atoms with E-state index >= 15 is 0 Å². The number of benzene rings is 2. The van der Waals surface area contributed by atoms with Crippen molar-refractivity contribution in [3.05, 3.63) is 102 Å². The summed E-state index contributed by atoms with van der Waals surface area (Å²) in [6, 6.07) is 19.1. The van der Waals surface area contributed by atoms with Gasteiger partial charge < -0.3 is 9.80 Å². The van der Waals surface area contributed by atoms with Crippen LogP contribution in [-0.2, 0) is 16.8 Å². The van der Waals surface area contributed by atoms with E-state index in [1.807, 2.05) is 47.1 Å². The summed E-state index contributed by atoms with van der Waals surface area (Å²) in [5.74, 6) is 0.613. The minimum atomic E-state index is -0.132. The van der Waals surface area contributed by atoms with E-state index < -0.39 is 0 Å². The Morgan fingerprint density at radius 2 is 1.80 bits per heavy atom. The minimum Gasteiger partial charge on any atom is -0.372 e. The molecular formula is C36H45N7O. The zero-order valence-electron chi connectivity index (χ0n) is 26.5. The number of nitrogens with zero attached hydrogens (tertiary/aromatic N) is 6. The van der Waals surface area contributed by atoms with Gasteiger partial charge in [-0.05, 0) is 100 Å². The molecule has 1 aromatic heterocycles. The number of carbonyl (C=O) groups excluding carboxylic acids is 1. The molecule has 2 aliphatic heterocycles. The Labute approximate surface area is 261 Å². The fourth-order valence-electron chi connectivity index (χ4n) is 7.08. The lowest BCUT2D eigenvalue weighted by Crippen LogP contribution is -2.44. The molecule has 1 unspecified atom stereocenters. The second kappa shape index (κ2) is 12.9. The number of amides is 1. The van der Waals surface area contributed by atoms with Crippen LogP contribution in [0.5, 0.6) is 0 Å². The van der Waals surface area contributed by atoms with Gasteiger partial charge in [0.25, 0.3) is 5.91 Å². The summed E-state index contributed by atoms with van der Waals surface area (Å²) in [5.41, 5.74) is 6.15. The molecule has 1 fully saturated rings. The quantitative estimate of drug-likeness (QED) is 0.392. The number of aromatic nitrogens is 2. The molecule has 230 valence electrons. The minimum absolute atomic E-state index is 0.0326. The van der Waals surface area contributed by atoms with E-state index in [0.717, 1.165) is 36.6 Å². The second-order valence-electron chi connectivity index (χ2n) is 12.6. The second-order valence-corrected chi connectivity index (χ2v) is 12.6. The summed E-state index contributed by atoms with van der Waals surface area (Å²) in [4.78, 5) is 24.9. The summed E-state index contributed by atoms with van der Waals surface area (Å²) in [6.45, 7) is 4.18. The standard InChI is InChI=1S/C36H45N7O/c1-5-37-34-15-14-33-32(25-38-34)35(44)42(21-20-41(33)4)30-12-9-13-31(23-30)43-26-28(24-39-43)22-27-16-18-36(19-17-27,40(2)3)29-10-7-6-8-11-29/h6-15,23-27,34,37H,5,16-22H2,1-4H3. The predicted molar refractivity (Wildman–Crippen MR) is 178 cm³/mol. The largest absolute Gasteiger partial charge is 0.372 e. The molecule has 0 saturated heterocycles. The lowest BCUT2D eigenvalue weighted by atomic mass is 9.71. The van der Waals surface area contributed by atoms with Gasteiger partial charge in [0, 0.05) is 43.8 Å². The van der Waals surface area contributed by atoms with Crippen LogP contribution in [-0.4, -0.2) is 78.6 Å². The van der Waals surface area contributed by atoms with Gasteiger partial charge in [-0.15, -0.1) is 0 Å². The number of anilines is 1. The maximum Gasteiger partial charge on any atom is 0.261 e. The summed E-state index contributed by atoms with van der Waals surface area (Å²) in [5, 5.41) is 8.07. The molecule has 1 amide bonds. The molecule has 44 heavy (non-hydrogen) atoms. The normalized spacial score (nSPS) is 24.1. The molecule has 0 radical (unpaired) electrons. The van der Waals surface area contributed by atoms with Crippen molar-refractivity contribution >= 4 is 17.8 Å². The number of carbonyl (C=O) groups is 1. The Kier molecular flexibility index (Phi) is 8.82. The van der Waals surface area contributed by atoms with Gasteiger partial charge in [0.2, 0.25) is 0 Å². The molecule has 1 saturated carbocycles. The van der Waals surface area contributed by atoms with Crippen molar-refractivity contribution in [1.29, 1.82) is 0 Å². The molecule has 1 N–H and O–H groups in total. The van der Waals surface area contributed by atoms with Crippen LogP contribution in [0, 0.1) is 5.92 Å². The van der Waals surface area contributed by atoms with E-state index in [9.17, 15) is 4.79 Å². The lowest BCUT2D eigenvalue weighted by molar-refractivity contribution is -0.114. The maximum absolute atomic E-state index is 13.9. The van der Waals surface area contributed by atoms with Crippen LogP contribution < -0.4 is 10.2 Å². The van der Waals surface area contributed by atoms with Gasteiger partial charge in [-0.3, -0.25) is 20.0 Å². The number of nitrogens with one attached hydrogen (secondary N) is 1. The van der Waals surface area contributed by atoms with Gasteiger partial charge in [-0.2, -0.15) is 5.10 Å². The highest BCUT2D eigenvalue weighted by Crippen LogP contribution is 2.43. The van der Waals surface area contributed by atoms with Crippen molar-refractivity contribution in [1.82, 2.24) is 24.9 Å². The Morgan fingerprint density at radius 1 is 1.02 bits per heavy atom. The van der Waals surface area contributed by atoms with Crippen LogP contribution in [0.2, 0.25) is 0 Å². The summed E-state index contributed by atoms with van der Waals surface area (Å²) < 4.78 is 1.95. The fourth-order valence-corrected chi connectivity index (χ4v) is 7.08. The number of hydrogen-bond donors (Lipinski definition) is 1. The first-order valence-corrected chi connectivity index (χ1v) is 16.0. The highest BCUT2D eigenvalue weighted by Gasteiger charge is 2.38. The number of hydrogen-bond acceptors (Lipinski definition) is 6. The Balaban J connectivity index is 1.15. The van der Waals surface area contributed by atoms with E-state index in [4.69, 9.17) is 5.10 Å². The summed E-state index contributed by atoms with van der Waals surface area (Å²) >= 11 is 0. The molecule has 1 aliphatic carbocycles. The molecule has 3 heterocycles. The Hall–Kier alpha value is -4.01. The van der Waals surface area contributed by atoms with Crippen molar-refractivity contribution in [3.8, 4) is 5.69 Å². The molecule has 0 spiro atoms. The highest BCUT2D eigenvalue weighted by atomic mass is 16.2. The van der Waals surface area contributed by atoms with Gasteiger partial charge in [0.15, 0.2) is 0 Å². The van der Waals surface area contributed by atoms with Crippen molar-refractivity contribution < 1.29 is 4.79 Å². The van der Waals surface area contributed by atoms with E-state index in [2.05, 4.69) is 89.8 Å². The maximum atomic E-state index is 13.9. The third-order valence-electron chi connectivity index (χ3n) is 9.70. The van der Waals surface area contributed by atoms with Crippen LogP contribution >= 0.6 is 0 Å². The van der Waals surface area contributed by atoms with Crippen LogP contribution in [0.3, 0.4) is 0 Å². The lowest BCUT2D eigenvalue weighted by Gasteiger charge is -2.45. The third-order valence-corrected chi connectivity index (χ3v) is 9.70. The van der Waals surface area contributed by atoms with Crippen molar-refractivity contribution in [2.24, 2.45) is 10.9 Å². The first-order valence-electron chi connectivity index (χ1n) is 16.0. The number of aliphatic imine (C=N–C) groups is 1. The van der Waals surface area contributed by atoms with Crippen molar-refractivity contribution in [2.45, 2.75) is 50.7 Å². The molecule has 8 nitrogen and oxygen atoms in total. The van der Waals surface area contributed by atoms with E-state index in [1.54, 1.807) is 6.21 Å². The average Bonchev–Trinajstić information content (AvgIpc) is 3.35. The van der Waals surface area contributed by atoms with Gasteiger partial charge in [0.1, 0.15) is 6.17 Å². The molecule has 6 rings (SSSR count). The fraction of sp³-hybridized carbons (Fsp3) is 0.417. The number of likely N-dealkylation sites (N-methyl/N-ethyl adjacent to an activating group) is 2. The summed E-state index contributed by atoms with van der Waals surface area (Å²) in [7, 11) is 6.48. The zero-order chi connectivity index (χ0) is 30.7. The smallest absolute Gasteiger partial charge is 0.261 e. The topological polar surface area (TPSA) is 69.0 Å². The molecule has 1 atom stereocenters. The SMILES string of the molecule is CCNC1C=CC2=C(C=N1)C(=O)N(c1cccc(-n3cc(CC4CCC(c5ccccc5)(N(C)C)CC4)cn3)c1)CCN2C. The molecule has 3 aromatic rings. The average molecular weight is 592 g/mol. The highest BCUT2D eigenvalue weighted by molar-refractivity contribution is 6.20. The van der Waals surface area contributed by atoms with Crippen LogP contribution in [0.4, 0.5) is 5.69 Å². The first-order chi connectivity index (χ1) is 21.4. The molecule has 2 aromatic carbocycles. The van der Waals surface area contributed by atoms with E-state index in [-0.39, 0.29) is 17.6 Å². The number of allylic oxidation sites excluding steroid dienone is 1. The predicted octanol–water partition coefficient (Wildman–Crippen LogP) is 5.17. The molecule has 3 aliphatic rings. The monoisotopic (exact) mass is 591 g/mol. The van der Waals surface area contributed by atoms with Gasteiger partial charge in [-0.1, -0.05) is 43.3 Å². The summed E-state index contributed by atoms with van der Waals surface area (Å²) in [6.07, 6.45) is 15.6. The van der Waals surface area contributed by atoms with Gasteiger partial charge in [0.05, 0.1) is 23.2 Å². The Bertz CT molecular complexity index is 1550. The van der Waals surface area contributed by atoms with Crippen LogP contribution in [0.15, 0.2) is 95.4 Å². The van der Waals surface area contributed by atoms with Gasteiger partial charge >= 0.3 is 0 Å². The van der Waals surface area contributed by atoms with Crippen molar-refractivity contribution in [2.75, 3.05) is 45.7 Å². The molecule has 8 heteroatoms. The third kappa shape index (κ3) is 6.01. The molecule has 0 bridgehead atoms. The zero-order valence-corrected chi connectivity index (χ0v) is 26.5. The van der Waals surface area contributed by atoms with Crippen molar-refractivity contribution in [3.63, 3.8) is 0 Å². The Morgan fingerprint density at radius 3 is 2.55 bits per heavy atom. The van der Waals surface area contributed by atoms with Crippen LogP contribution in [0.1, 0.15) is 43.7 Å². The van der Waals surface area contributed by atoms with E-state index in [1.165, 1.54) is 36.8 Å². The first kappa shape index (κ1) is 30.0. The van der Waals surface area contributed by atoms with Crippen LogP contribution in [0.25, 0.3) is 5.69 Å². The number of rotatable bonds is 8. The molecular weight excluding hydrogens is 546 g/mol.